The Kier molecular flexibility index (Phi) is 7.53. The number of carbonyl (C=O) groups is 2. The van der Waals surface area contributed by atoms with Gasteiger partial charge in [0.05, 0.1) is 10.2 Å². The van der Waals surface area contributed by atoms with E-state index in [2.05, 4.69) is 20.8 Å². The van der Waals surface area contributed by atoms with Gasteiger partial charge in [-0.3, -0.25) is 19.0 Å². The molecule has 2 heterocycles. The number of aryl methyl sites for hydroxylation is 2. The number of benzene rings is 2. The van der Waals surface area contributed by atoms with Crippen molar-refractivity contribution in [1.29, 1.82) is 0 Å². The fraction of sp³-hybridized carbons (Fsp3) is 0.227. The van der Waals surface area contributed by atoms with Gasteiger partial charge in [0.1, 0.15) is 0 Å². The molecule has 33 heavy (non-hydrogen) atoms. The molecule has 0 aliphatic carbocycles. The van der Waals surface area contributed by atoms with Crippen molar-refractivity contribution >= 4 is 67.3 Å². The summed E-state index contributed by atoms with van der Waals surface area (Å²) in [4.78, 5) is 36.6. The van der Waals surface area contributed by atoms with E-state index < -0.39 is 0 Å². The summed E-state index contributed by atoms with van der Waals surface area (Å²) in [6, 6.07) is 15.2. The van der Waals surface area contributed by atoms with Crippen molar-refractivity contribution in [2.24, 2.45) is 0 Å². The predicted octanol–water partition coefficient (Wildman–Crippen LogP) is 4.37. The average Bonchev–Trinajstić information content (AvgIpc) is 3.37. The Hall–Kier alpha value is -3.02. The van der Waals surface area contributed by atoms with Gasteiger partial charge in [0.2, 0.25) is 16.9 Å². The molecule has 2 aromatic carbocycles. The van der Waals surface area contributed by atoms with Gasteiger partial charge >= 0.3 is 4.87 Å². The van der Waals surface area contributed by atoms with Gasteiger partial charge in [-0.15, -0.1) is 10.2 Å². The van der Waals surface area contributed by atoms with Crippen LogP contribution in [0.2, 0.25) is 0 Å². The number of aromatic nitrogens is 3. The SMILES string of the molecule is Cc1ccccc1NC(=O)CCSc1nnc(NC(=O)CCn2c(=O)sc3ccccc32)s1. The van der Waals surface area contributed by atoms with Crippen LogP contribution in [0.4, 0.5) is 10.8 Å². The Bertz CT molecular complexity index is 1340. The molecule has 4 rings (SSSR count). The maximum absolute atomic E-state index is 12.3. The number of nitrogens with one attached hydrogen (secondary N) is 2. The first-order valence-corrected chi connectivity index (χ1v) is 12.8. The van der Waals surface area contributed by atoms with Crippen LogP contribution in [-0.2, 0) is 16.1 Å². The maximum atomic E-state index is 12.3. The highest BCUT2D eigenvalue weighted by Crippen LogP contribution is 2.26. The van der Waals surface area contributed by atoms with E-state index >= 15 is 0 Å². The minimum Gasteiger partial charge on any atom is -0.326 e. The second-order valence-corrected chi connectivity index (χ2v) is 10.4. The molecule has 170 valence electrons. The van der Waals surface area contributed by atoms with E-state index in [1.165, 1.54) is 34.4 Å². The van der Waals surface area contributed by atoms with Crippen LogP contribution in [0, 0.1) is 6.92 Å². The van der Waals surface area contributed by atoms with E-state index in [9.17, 15) is 14.4 Å². The van der Waals surface area contributed by atoms with E-state index in [4.69, 9.17) is 0 Å². The van der Waals surface area contributed by atoms with E-state index in [-0.39, 0.29) is 23.1 Å². The summed E-state index contributed by atoms with van der Waals surface area (Å²) in [5.41, 5.74) is 2.66. The lowest BCUT2D eigenvalue weighted by Crippen LogP contribution is -2.19. The highest BCUT2D eigenvalue weighted by atomic mass is 32.2. The third-order valence-electron chi connectivity index (χ3n) is 4.76. The molecule has 0 aliphatic heterocycles. The first-order chi connectivity index (χ1) is 16.0. The summed E-state index contributed by atoms with van der Waals surface area (Å²) in [6.07, 6.45) is 0.491. The fourth-order valence-electron chi connectivity index (χ4n) is 3.10. The van der Waals surface area contributed by atoms with Gasteiger partial charge in [-0.25, -0.2) is 0 Å². The second-order valence-electron chi connectivity index (χ2n) is 7.12. The summed E-state index contributed by atoms with van der Waals surface area (Å²) >= 11 is 3.85. The Morgan fingerprint density at radius 2 is 1.73 bits per heavy atom. The molecular formula is C22H21N5O3S3. The normalized spacial score (nSPS) is 10.9. The lowest BCUT2D eigenvalue weighted by atomic mass is 10.2. The lowest BCUT2D eigenvalue weighted by molar-refractivity contribution is -0.117. The third-order valence-corrected chi connectivity index (χ3v) is 7.70. The van der Waals surface area contributed by atoms with Crippen molar-refractivity contribution in [2.75, 3.05) is 16.4 Å². The number of thioether (sulfide) groups is 1. The van der Waals surface area contributed by atoms with Crippen molar-refractivity contribution < 1.29 is 9.59 Å². The van der Waals surface area contributed by atoms with Crippen LogP contribution in [0.15, 0.2) is 57.7 Å². The van der Waals surface area contributed by atoms with Crippen LogP contribution in [0.1, 0.15) is 18.4 Å². The predicted molar refractivity (Wildman–Crippen MR) is 134 cm³/mol. The van der Waals surface area contributed by atoms with Crippen LogP contribution in [0.3, 0.4) is 0 Å². The molecule has 0 aliphatic rings. The van der Waals surface area contributed by atoms with Gasteiger partial charge < -0.3 is 10.6 Å². The zero-order chi connectivity index (χ0) is 23.2. The van der Waals surface area contributed by atoms with Gasteiger partial charge in [0, 0.05) is 30.8 Å². The second kappa shape index (κ2) is 10.7. The Morgan fingerprint density at radius 1 is 0.970 bits per heavy atom. The number of amides is 2. The van der Waals surface area contributed by atoms with Gasteiger partial charge in [-0.2, -0.15) is 0 Å². The van der Waals surface area contributed by atoms with Crippen LogP contribution >= 0.6 is 34.4 Å². The number of hydrogen-bond acceptors (Lipinski definition) is 8. The summed E-state index contributed by atoms with van der Waals surface area (Å²) in [5, 5.41) is 14.1. The molecule has 0 bridgehead atoms. The lowest BCUT2D eigenvalue weighted by Gasteiger charge is -2.07. The molecule has 0 atom stereocenters. The number of rotatable bonds is 9. The highest BCUT2D eigenvalue weighted by molar-refractivity contribution is 8.01. The number of hydrogen-bond donors (Lipinski definition) is 2. The molecule has 0 saturated heterocycles. The number of nitrogens with zero attached hydrogens (tertiary/aromatic N) is 3. The number of carbonyl (C=O) groups excluding carboxylic acids is 2. The number of para-hydroxylation sites is 2. The van der Waals surface area contributed by atoms with E-state index in [1.54, 1.807) is 4.57 Å². The molecule has 2 amide bonds. The molecule has 11 heteroatoms. The van der Waals surface area contributed by atoms with Crippen molar-refractivity contribution in [3.8, 4) is 0 Å². The van der Waals surface area contributed by atoms with Crippen LogP contribution in [0.25, 0.3) is 10.2 Å². The number of anilines is 2. The quantitative estimate of drug-likeness (QED) is 0.262. The first-order valence-electron chi connectivity index (χ1n) is 10.2. The minimum absolute atomic E-state index is 0.0639. The molecule has 0 spiro atoms. The van der Waals surface area contributed by atoms with Gasteiger partial charge in [0.15, 0.2) is 4.34 Å². The molecule has 0 unspecified atom stereocenters. The Balaban J connectivity index is 1.22. The summed E-state index contributed by atoms with van der Waals surface area (Å²) in [5.74, 6) is 0.252. The van der Waals surface area contributed by atoms with Gasteiger partial charge in [-0.1, -0.05) is 64.8 Å². The molecule has 8 nitrogen and oxygen atoms in total. The van der Waals surface area contributed by atoms with Crippen molar-refractivity contribution in [1.82, 2.24) is 14.8 Å². The molecule has 2 aromatic heterocycles. The van der Waals surface area contributed by atoms with Gasteiger partial charge in [-0.05, 0) is 30.7 Å². The van der Waals surface area contributed by atoms with Crippen molar-refractivity contribution in [3.05, 3.63) is 63.8 Å². The summed E-state index contributed by atoms with van der Waals surface area (Å²) < 4.78 is 3.19. The van der Waals surface area contributed by atoms with E-state index in [1.807, 2.05) is 55.5 Å². The van der Waals surface area contributed by atoms with Crippen LogP contribution in [-0.4, -0.2) is 32.3 Å². The molecular weight excluding hydrogens is 478 g/mol. The van der Waals surface area contributed by atoms with Crippen molar-refractivity contribution in [2.45, 2.75) is 30.6 Å². The van der Waals surface area contributed by atoms with Gasteiger partial charge in [0.25, 0.3) is 0 Å². The Labute approximate surface area is 202 Å². The monoisotopic (exact) mass is 499 g/mol. The standard InChI is InChI=1S/C22H21N5O3S3/c1-14-6-2-3-7-15(14)23-19(29)11-13-31-21-26-25-20(33-21)24-18(28)10-12-27-16-8-4-5-9-17(16)32-22(27)30/h2-9H,10-13H2,1H3,(H,23,29)(H,24,25,28). The molecule has 0 radical (unpaired) electrons. The average molecular weight is 500 g/mol. The molecule has 2 N–H and O–H groups in total. The van der Waals surface area contributed by atoms with Crippen LogP contribution in [0.5, 0.6) is 0 Å². The topological polar surface area (TPSA) is 106 Å². The largest absolute Gasteiger partial charge is 0.326 e. The van der Waals surface area contributed by atoms with E-state index in [0.29, 0.717) is 28.2 Å². The number of fused-ring (bicyclic) bond motifs is 1. The molecule has 4 aromatic rings. The minimum atomic E-state index is -0.234. The maximum Gasteiger partial charge on any atom is 0.308 e. The zero-order valence-electron chi connectivity index (χ0n) is 17.7. The zero-order valence-corrected chi connectivity index (χ0v) is 20.2. The Morgan fingerprint density at radius 3 is 2.58 bits per heavy atom. The highest BCUT2D eigenvalue weighted by Gasteiger charge is 2.12. The summed E-state index contributed by atoms with van der Waals surface area (Å²) in [7, 11) is 0. The smallest absolute Gasteiger partial charge is 0.308 e. The number of thiazole rings is 1. The van der Waals surface area contributed by atoms with Crippen molar-refractivity contribution in [3.63, 3.8) is 0 Å². The van der Waals surface area contributed by atoms with Crippen LogP contribution < -0.4 is 15.5 Å². The fourth-order valence-corrected chi connectivity index (χ4v) is 5.79. The van der Waals surface area contributed by atoms with E-state index in [0.717, 1.165) is 21.5 Å². The first kappa shape index (κ1) is 23.1. The molecule has 0 fully saturated rings. The summed E-state index contributed by atoms with van der Waals surface area (Å²) in [6.45, 7) is 2.24. The third kappa shape index (κ3) is 6.06. The molecule has 0 saturated carbocycles.